The summed E-state index contributed by atoms with van der Waals surface area (Å²) in [7, 11) is 0. The zero-order valence-corrected chi connectivity index (χ0v) is 13.3. The molecular weight excluding hydrogens is 308 g/mol. The van der Waals surface area contributed by atoms with E-state index in [4.69, 9.17) is 0 Å². The molecule has 1 N–H and O–H groups in total. The average molecular weight is 324 g/mol. The second-order valence-electron chi connectivity index (χ2n) is 5.54. The van der Waals surface area contributed by atoms with Gasteiger partial charge in [0.05, 0.1) is 17.4 Å². The summed E-state index contributed by atoms with van der Waals surface area (Å²) in [6, 6.07) is 7.75. The highest BCUT2D eigenvalue weighted by atomic mass is 32.1. The number of allylic oxidation sites excluding steroid dienone is 1. The van der Waals surface area contributed by atoms with Gasteiger partial charge in [-0.15, -0.1) is 11.3 Å². The Morgan fingerprint density at radius 3 is 3.13 bits per heavy atom. The highest BCUT2D eigenvalue weighted by Crippen LogP contribution is 2.34. The summed E-state index contributed by atoms with van der Waals surface area (Å²) in [5, 5.41) is 19.2. The normalized spacial score (nSPS) is 17.0. The molecule has 0 aliphatic heterocycles. The molecule has 0 spiro atoms. The summed E-state index contributed by atoms with van der Waals surface area (Å²) in [6.07, 6.45) is 6.76. The number of pyridine rings is 1. The molecule has 4 nitrogen and oxygen atoms in total. The molecule has 1 atom stereocenters. The molecular formula is C18H16N2O2S. The van der Waals surface area contributed by atoms with Crippen LogP contribution in [0.25, 0.3) is 6.08 Å². The lowest BCUT2D eigenvalue weighted by molar-refractivity contribution is -0.113. The second kappa shape index (κ2) is 6.86. The molecule has 2 aromatic rings. The predicted molar refractivity (Wildman–Crippen MR) is 89.0 cm³/mol. The number of nitriles is 1. The molecule has 1 aliphatic rings. The first kappa shape index (κ1) is 15.6. The van der Waals surface area contributed by atoms with E-state index in [1.807, 2.05) is 18.2 Å². The molecule has 5 heteroatoms. The molecule has 1 aliphatic carbocycles. The average Bonchev–Trinajstić information content (AvgIpc) is 2.89. The molecule has 0 radical (unpaired) electrons. The molecule has 0 aromatic carbocycles. The van der Waals surface area contributed by atoms with E-state index in [0.29, 0.717) is 24.8 Å². The van der Waals surface area contributed by atoms with E-state index in [1.54, 1.807) is 12.3 Å². The number of carbonyl (C=O) groups excluding carboxylic acids is 1. The Balaban J connectivity index is 1.77. The standard InChI is InChI=1S/C18H16N2O2S/c19-11-16-15-7-6-14(22)9-17(15)23-18(16)10-13(21)5-4-12-3-1-2-8-20-12/h1-5,8,14,22H,6-7,9-10H2/b5-4+. The van der Waals surface area contributed by atoms with Crippen LogP contribution in [0.5, 0.6) is 0 Å². The monoisotopic (exact) mass is 324 g/mol. The topological polar surface area (TPSA) is 74.0 Å². The van der Waals surface area contributed by atoms with Gasteiger partial charge in [-0.2, -0.15) is 5.26 Å². The number of thiophene rings is 1. The van der Waals surface area contributed by atoms with Crippen LogP contribution in [-0.4, -0.2) is 22.0 Å². The Labute approximate surface area is 138 Å². The van der Waals surface area contributed by atoms with Crippen molar-refractivity contribution in [3.63, 3.8) is 0 Å². The Bertz CT molecular complexity index is 787. The third-order valence-corrected chi connectivity index (χ3v) is 5.14. The summed E-state index contributed by atoms with van der Waals surface area (Å²) in [5.74, 6) is -0.0497. The van der Waals surface area contributed by atoms with E-state index >= 15 is 0 Å². The SMILES string of the molecule is N#Cc1c(CC(=O)/C=C/c2ccccn2)sc2c1CCC(O)C2. The van der Waals surface area contributed by atoms with Gasteiger partial charge in [0.25, 0.3) is 0 Å². The fourth-order valence-electron chi connectivity index (χ4n) is 2.75. The largest absolute Gasteiger partial charge is 0.393 e. The van der Waals surface area contributed by atoms with Crippen LogP contribution >= 0.6 is 11.3 Å². The number of carbonyl (C=O) groups is 1. The highest BCUT2D eigenvalue weighted by Gasteiger charge is 2.25. The van der Waals surface area contributed by atoms with Gasteiger partial charge in [-0.05, 0) is 42.7 Å². The van der Waals surface area contributed by atoms with E-state index in [9.17, 15) is 15.2 Å². The number of rotatable bonds is 4. The maximum Gasteiger partial charge on any atom is 0.160 e. The van der Waals surface area contributed by atoms with Crippen molar-refractivity contribution in [2.45, 2.75) is 31.8 Å². The molecule has 0 saturated heterocycles. The van der Waals surface area contributed by atoms with Crippen LogP contribution in [0.3, 0.4) is 0 Å². The van der Waals surface area contributed by atoms with Gasteiger partial charge in [0, 0.05) is 28.8 Å². The van der Waals surface area contributed by atoms with Crippen molar-refractivity contribution in [3.05, 3.63) is 57.0 Å². The molecule has 0 saturated carbocycles. The Morgan fingerprint density at radius 1 is 1.52 bits per heavy atom. The molecule has 1 unspecified atom stereocenters. The molecule has 0 amide bonds. The fraction of sp³-hybridized carbons (Fsp3) is 0.278. The molecule has 23 heavy (non-hydrogen) atoms. The number of aliphatic hydroxyl groups is 1. The van der Waals surface area contributed by atoms with E-state index in [0.717, 1.165) is 21.0 Å². The van der Waals surface area contributed by atoms with Crippen molar-refractivity contribution in [2.75, 3.05) is 0 Å². The number of nitrogens with zero attached hydrogens (tertiary/aromatic N) is 2. The smallest absolute Gasteiger partial charge is 0.160 e. The zero-order chi connectivity index (χ0) is 16.2. The van der Waals surface area contributed by atoms with Crippen LogP contribution in [-0.2, 0) is 24.1 Å². The summed E-state index contributed by atoms with van der Waals surface area (Å²) in [5.41, 5.74) is 2.39. The number of aliphatic hydroxyl groups excluding tert-OH is 1. The summed E-state index contributed by atoms with van der Waals surface area (Å²) >= 11 is 1.49. The second-order valence-corrected chi connectivity index (χ2v) is 6.73. The number of ketones is 1. The Morgan fingerprint density at radius 2 is 2.39 bits per heavy atom. The van der Waals surface area contributed by atoms with Crippen LogP contribution in [0.15, 0.2) is 30.5 Å². The van der Waals surface area contributed by atoms with Crippen molar-refractivity contribution in [1.82, 2.24) is 4.98 Å². The molecule has 2 heterocycles. The predicted octanol–water partition coefficient (Wildman–Crippen LogP) is 2.69. The van der Waals surface area contributed by atoms with Gasteiger partial charge in [0.1, 0.15) is 6.07 Å². The fourth-order valence-corrected chi connectivity index (χ4v) is 4.14. The van der Waals surface area contributed by atoms with Gasteiger partial charge in [-0.1, -0.05) is 6.07 Å². The lowest BCUT2D eigenvalue weighted by atomic mass is 9.93. The maximum atomic E-state index is 12.2. The first-order valence-corrected chi connectivity index (χ1v) is 8.32. The summed E-state index contributed by atoms with van der Waals surface area (Å²) < 4.78 is 0. The number of fused-ring (bicyclic) bond motifs is 1. The Hall–Kier alpha value is -2.29. The number of hydrogen-bond acceptors (Lipinski definition) is 5. The van der Waals surface area contributed by atoms with Gasteiger partial charge in [0.15, 0.2) is 5.78 Å². The quantitative estimate of drug-likeness (QED) is 0.878. The van der Waals surface area contributed by atoms with Gasteiger partial charge in [-0.25, -0.2) is 0 Å². The third kappa shape index (κ3) is 3.55. The van der Waals surface area contributed by atoms with Crippen LogP contribution in [0.1, 0.15) is 33.0 Å². The summed E-state index contributed by atoms with van der Waals surface area (Å²) in [4.78, 5) is 18.2. The minimum atomic E-state index is -0.333. The minimum absolute atomic E-state index is 0.0497. The van der Waals surface area contributed by atoms with E-state index < -0.39 is 0 Å². The van der Waals surface area contributed by atoms with Crippen molar-refractivity contribution in [3.8, 4) is 6.07 Å². The zero-order valence-electron chi connectivity index (χ0n) is 12.5. The van der Waals surface area contributed by atoms with Crippen LogP contribution < -0.4 is 0 Å². The first-order chi connectivity index (χ1) is 11.2. The highest BCUT2D eigenvalue weighted by molar-refractivity contribution is 7.12. The first-order valence-electron chi connectivity index (χ1n) is 7.51. The molecule has 3 rings (SSSR count). The van der Waals surface area contributed by atoms with E-state index in [1.165, 1.54) is 17.4 Å². The van der Waals surface area contributed by atoms with Gasteiger partial charge in [-0.3, -0.25) is 9.78 Å². The van der Waals surface area contributed by atoms with Crippen molar-refractivity contribution in [2.24, 2.45) is 0 Å². The molecule has 0 fully saturated rings. The summed E-state index contributed by atoms with van der Waals surface area (Å²) in [6.45, 7) is 0. The van der Waals surface area contributed by atoms with E-state index in [2.05, 4.69) is 11.1 Å². The van der Waals surface area contributed by atoms with E-state index in [-0.39, 0.29) is 18.3 Å². The Kier molecular flexibility index (Phi) is 4.65. The van der Waals surface area contributed by atoms with Crippen molar-refractivity contribution in [1.29, 1.82) is 5.26 Å². The lowest BCUT2D eigenvalue weighted by Gasteiger charge is -2.16. The minimum Gasteiger partial charge on any atom is -0.393 e. The molecule has 2 aromatic heterocycles. The van der Waals surface area contributed by atoms with Gasteiger partial charge in [0.2, 0.25) is 0 Å². The lowest BCUT2D eigenvalue weighted by Crippen LogP contribution is -2.17. The number of aromatic nitrogens is 1. The van der Waals surface area contributed by atoms with Crippen molar-refractivity contribution >= 4 is 23.2 Å². The van der Waals surface area contributed by atoms with Gasteiger partial charge >= 0.3 is 0 Å². The number of hydrogen-bond donors (Lipinski definition) is 1. The molecule has 116 valence electrons. The van der Waals surface area contributed by atoms with Crippen LogP contribution in [0.4, 0.5) is 0 Å². The van der Waals surface area contributed by atoms with Crippen LogP contribution in [0.2, 0.25) is 0 Å². The molecule has 0 bridgehead atoms. The van der Waals surface area contributed by atoms with Crippen molar-refractivity contribution < 1.29 is 9.90 Å². The maximum absolute atomic E-state index is 12.2. The third-order valence-electron chi connectivity index (χ3n) is 3.89. The van der Waals surface area contributed by atoms with Crippen LogP contribution in [0, 0.1) is 11.3 Å². The van der Waals surface area contributed by atoms with Gasteiger partial charge < -0.3 is 5.11 Å².